The number of rotatable bonds is 7. The van der Waals surface area contributed by atoms with Gasteiger partial charge in [0.25, 0.3) is 0 Å². The molecule has 23 heavy (non-hydrogen) atoms. The van der Waals surface area contributed by atoms with Gasteiger partial charge in [0.2, 0.25) is 0 Å². The van der Waals surface area contributed by atoms with Crippen LogP contribution >= 0.6 is 0 Å². The second kappa shape index (κ2) is 7.08. The number of nitrogens with one attached hydrogen (secondary N) is 1. The van der Waals surface area contributed by atoms with Gasteiger partial charge in [-0.3, -0.25) is 4.99 Å². The van der Waals surface area contributed by atoms with Crippen molar-refractivity contribution in [1.82, 2.24) is 0 Å². The van der Waals surface area contributed by atoms with Crippen LogP contribution in [0.1, 0.15) is 19.3 Å². The number of benzene rings is 1. The van der Waals surface area contributed by atoms with E-state index in [1.165, 1.54) is 18.2 Å². The highest BCUT2D eigenvalue weighted by Gasteiger charge is 2.41. The summed E-state index contributed by atoms with van der Waals surface area (Å²) in [6.07, 6.45) is -1.75. The number of methoxy groups -OCH3 is 1. The van der Waals surface area contributed by atoms with Gasteiger partial charge in [-0.25, -0.2) is 0 Å². The summed E-state index contributed by atoms with van der Waals surface area (Å²) in [5.74, 6) is -0.286. The van der Waals surface area contributed by atoms with E-state index in [-0.39, 0.29) is 22.8 Å². The highest BCUT2D eigenvalue weighted by Crippen LogP contribution is 2.49. The quantitative estimate of drug-likeness (QED) is 0.595. The van der Waals surface area contributed by atoms with E-state index in [1.807, 2.05) is 0 Å². The van der Waals surface area contributed by atoms with Crippen molar-refractivity contribution in [3.63, 3.8) is 0 Å². The lowest BCUT2D eigenvalue weighted by Crippen LogP contribution is -2.25. The van der Waals surface area contributed by atoms with Crippen LogP contribution in [0.25, 0.3) is 0 Å². The monoisotopic (exact) mass is 331 g/mol. The predicted octanol–water partition coefficient (Wildman–Crippen LogP) is 3.13. The first-order valence-corrected chi connectivity index (χ1v) is 7.24. The minimum Gasteiger partial charge on any atom is -0.404 e. The molecule has 128 valence electrons. The second-order valence-corrected chi connectivity index (χ2v) is 5.61. The molecule has 1 aromatic carbocycles. The van der Waals surface area contributed by atoms with Crippen LogP contribution in [0.4, 0.5) is 18.9 Å². The average Bonchev–Trinajstić information content (AvgIpc) is 3.24. The molecule has 0 bridgehead atoms. The second-order valence-electron chi connectivity index (χ2n) is 5.61. The number of alkyl halides is 3. The highest BCUT2D eigenvalue weighted by atomic mass is 19.4. The Kier molecular flexibility index (Phi) is 5.35. The third-order valence-electron chi connectivity index (χ3n) is 3.75. The van der Waals surface area contributed by atoms with Crippen molar-refractivity contribution >= 4 is 11.6 Å². The highest BCUT2D eigenvalue weighted by molar-refractivity contribution is 5.93. The van der Waals surface area contributed by atoms with Crippen LogP contribution in [0.5, 0.6) is 5.75 Å². The molecule has 0 atom stereocenters. The Morgan fingerprint density at radius 3 is 2.65 bits per heavy atom. The molecule has 0 radical (unpaired) electrons. The summed E-state index contributed by atoms with van der Waals surface area (Å²) in [5, 5.41) is 2.66. The fourth-order valence-electron chi connectivity index (χ4n) is 2.20. The number of ether oxygens (including phenoxy) is 2. The molecule has 0 heterocycles. The Morgan fingerprint density at radius 2 is 2.04 bits per heavy atom. The molecular formula is C15H20F3N3O2. The Bertz CT molecular complexity index is 557. The van der Waals surface area contributed by atoms with Crippen LogP contribution in [0.3, 0.4) is 0 Å². The number of halogens is 3. The molecule has 2 rings (SSSR count). The fraction of sp³-hybridized carbons (Fsp3) is 0.533. The van der Waals surface area contributed by atoms with E-state index in [2.05, 4.69) is 15.0 Å². The number of hydrogen-bond donors (Lipinski definition) is 2. The van der Waals surface area contributed by atoms with Crippen LogP contribution in [-0.4, -0.2) is 32.6 Å². The summed E-state index contributed by atoms with van der Waals surface area (Å²) >= 11 is 0. The van der Waals surface area contributed by atoms with Gasteiger partial charge in [-0.1, -0.05) is 12.1 Å². The molecule has 0 amide bonds. The van der Waals surface area contributed by atoms with Gasteiger partial charge in [0.05, 0.1) is 5.69 Å². The molecule has 1 saturated carbocycles. The molecule has 5 nitrogen and oxygen atoms in total. The zero-order valence-electron chi connectivity index (χ0n) is 12.8. The Balaban J connectivity index is 1.97. The molecule has 0 aromatic heterocycles. The van der Waals surface area contributed by atoms with Crippen molar-refractivity contribution in [1.29, 1.82) is 0 Å². The minimum absolute atomic E-state index is 0.0620. The summed E-state index contributed by atoms with van der Waals surface area (Å²) in [6.45, 7) is 1.18. The Labute approximate surface area is 132 Å². The zero-order valence-corrected chi connectivity index (χ0v) is 12.8. The van der Waals surface area contributed by atoms with E-state index < -0.39 is 6.36 Å². The normalized spacial score (nSPS) is 17.0. The smallest absolute Gasteiger partial charge is 0.404 e. The maximum atomic E-state index is 12.4. The molecule has 0 aliphatic heterocycles. The summed E-state index contributed by atoms with van der Waals surface area (Å²) in [7, 11) is 1.65. The van der Waals surface area contributed by atoms with E-state index in [1.54, 1.807) is 13.2 Å². The van der Waals surface area contributed by atoms with Crippen molar-refractivity contribution in [3.05, 3.63) is 24.3 Å². The van der Waals surface area contributed by atoms with Crippen molar-refractivity contribution < 1.29 is 22.6 Å². The molecule has 1 fully saturated rings. The summed E-state index contributed by atoms with van der Waals surface area (Å²) < 4.78 is 46.1. The maximum Gasteiger partial charge on any atom is 0.573 e. The summed E-state index contributed by atoms with van der Waals surface area (Å²) in [6, 6.07) is 5.69. The number of nitrogens with two attached hydrogens (primary N) is 1. The number of guanidine groups is 1. The predicted molar refractivity (Wildman–Crippen MR) is 81.4 cm³/mol. The van der Waals surface area contributed by atoms with E-state index in [4.69, 9.17) is 10.5 Å². The third-order valence-corrected chi connectivity index (χ3v) is 3.75. The lowest BCUT2D eigenvalue weighted by Gasteiger charge is -2.15. The molecule has 3 N–H and O–H groups in total. The van der Waals surface area contributed by atoms with Gasteiger partial charge in [0.1, 0.15) is 0 Å². The lowest BCUT2D eigenvalue weighted by molar-refractivity contribution is -0.274. The molecule has 0 saturated heterocycles. The third kappa shape index (κ3) is 5.63. The van der Waals surface area contributed by atoms with Crippen LogP contribution in [-0.2, 0) is 4.74 Å². The molecule has 8 heteroatoms. The Hall–Kier alpha value is -1.96. The van der Waals surface area contributed by atoms with Crippen molar-refractivity contribution in [2.45, 2.75) is 25.6 Å². The largest absolute Gasteiger partial charge is 0.573 e. The number of nitrogens with zero attached hydrogens (tertiary/aromatic N) is 1. The number of para-hydroxylation sites is 2. The molecule has 0 spiro atoms. The minimum atomic E-state index is -4.76. The van der Waals surface area contributed by atoms with Crippen molar-refractivity contribution in [3.8, 4) is 5.75 Å². The van der Waals surface area contributed by atoms with E-state index in [9.17, 15) is 13.2 Å². The topological polar surface area (TPSA) is 68.9 Å². The standard InChI is InChI=1S/C15H20F3N3O2/c1-22-9-8-14(6-7-14)10-20-13(19)21-11-4-2-3-5-12(11)23-15(16,17)18/h2-5H,6-10H2,1H3,(H3,19,20,21). The van der Waals surface area contributed by atoms with Gasteiger partial charge < -0.3 is 20.5 Å². The molecule has 0 unspecified atom stereocenters. The fourth-order valence-corrected chi connectivity index (χ4v) is 2.20. The van der Waals surface area contributed by atoms with Crippen LogP contribution in [0, 0.1) is 5.41 Å². The van der Waals surface area contributed by atoms with Crippen molar-refractivity contribution in [2.75, 3.05) is 25.6 Å². The first-order valence-electron chi connectivity index (χ1n) is 7.24. The van der Waals surface area contributed by atoms with Gasteiger partial charge in [-0.2, -0.15) is 0 Å². The van der Waals surface area contributed by atoms with Gasteiger partial charge in [0, 0.05) is 20.3 Å². The van der Waals surface area contributed by atoms with Gasteiger partial charge in [0.15, 0.2) is 11.7 Å². The maximum absolute atomic E-state index is 12.4. The van der Waals surface area contributed by atoms with Crippen LogP contribution < -0.4 is 15.8 Å². The van der Waals surface area contributed by atoms with Gasteiger partial charge in [-0.15, -0.1) is 13.2 Å². The number of aliphatic imine (C=N–C) groups is 1. The van der Waals surface area contributed by atoms with E-state index in [0.717, 1.165) is 19.3 Å². The van der Waals surface area contributed by atoms with E-state index in [0.29, 0.717) is 13.2 Å². The summed E-state index contributed by atoms with van der Waals surface area (Å²) in [5.41, 5.74) is 6.01. The van der Waals surface area contributed by atoms with Crippen LogP contribution in [0.15, 0.2) is 29.3 Å². The average molecular weight is 331 g/mol. The SMILES string of the molecule is COCCC1(CN=C(N)Nc2ccccc2OC(F)(F)F)CC1. The molecular weight excluding hydrogens is 311 g/mol. The number of hydrogen-bond acceptors (Lipinski definition) is 3. The molecule has 1 aromatic rings. The van der Waals surface area contributed by atoms with Crippen LogP contribution in [0.2, 0.25) is 0 Å². The van der Waals surface area contributed by atoms with Gasteiger partial charge >= 0.3 is 6.36 Å². The first kappa shape index (κ1) is 17.4. The summed E-state index contributed by atoms with van der Waals surface area (Å²) in [4.78, 5) is 4.24. The van der Waals surface area contributed by atoms with Gasteiger partial charge in [-0.05, 0) is 36.8 Å². The zero-order chi connectivity index (χ0) is 16.9. The Morgan fingerprint density at radius 1 is 1.35 bits per heavy atom. The first-order chi connectivity index (χ1) is 10.8. The molecule has 1 aliphatic carbocycles. The lowest BCUT2D eigenvalue weighted by atomic mass is 10.0. The van der Waals surface area contributed by atoms with E-state index >= 15 is 0 Å². The van der Waals surface area contributed by atoms with Crippen molar-refractivity contribution in [2.24, 2.45) is 16.1 Å². The number of anilines is 1. The molecule has 1 aliphatic rings.